The molecule has 4 rings (SSSR count). The minimum Gasteiger partial charge on any atom is -0.456 e. The largest absolute Gasteiger partial charge is 0.456 e. The first-order chi connectivity index (χ1) is 8.76. The third-order valence-corrected chi connectivity index (χ3v) is 3.83. The molecule has 1 fully saturated rings. The summed E-state index contributed by atoms with van der Waals surface area (Å²) in [7, 11) is 0. The van der Waals surface area contributed by atoms with Crippen molar-refractivity contribution in [2.24, 2.45) is 5.73 Å². The smallest absolute Gasteiger partial charge is 0.135 e. The number of hydrogen-bond acceptors (Lipinski definition) is 3. The van der Waals surface area contributed by atoms with Gasteiger partial charge < -0.3 is 15.5 Å². The Morgan fingerprint density at radius 2 is 1.74 bits per heavy atom. The zero-order chi connectivity index (χ0) is 12.2. The average molecular weight is 275 g/mol. The lowest BCUT2D eigenvalue weighted by Crippen LogP contribution is -2.62. The van der Waals surface area contributed by atoms with Crippen LogP contribution >= 0.6 is 12.4 Å². The monoisotopic (exact) mass is 274 g/mol. The number of fused-ring (bicyclic) bond motifs is 3. The van der Waals surface area contributed by atoms with E-state index in [1.165, 1.54) is 0 Å². The summed E-state index contributed by atoms with van der Waals surface area (Å²) in [6, 6.07) is 14.4. The van der Waals surface area contributed by atoms with Crippen LogP contribution < -0.4 is 11.1 Å². The molecule has 1 saturated heterocycles. The molecule has 0 unspecified atom stereocenters. The first-order valence-electron chi connectivity index (χ1n) is 6.18. The van der Waals surface area contributed by atoms with Crippen molar-refractivity contribution in [1.29, 1.82) is 0 Å². The van der Waals surface area contributed by atoms with Crippen LogP contribution in [0.2, 0.25) is 0 Å². The normalized spacial score (nSPS) is 17.1. The highest BCUT2D eigenvalue weighted by atomic mass is 35.5. The van der Waals surface area contributed by atoms with Crippen molar-refractivity contribution >= 4 is 34.3 Å². The van der Waals surface area contributed by atoms with E-state index < -0.39 is 0 Å². The van der Waals surface area contributed by atoms with Crippen molar-refractivity contribution in [1.82, 2.24) is 5.32 Å². The summed E-state index contributed by atoms with van der Waals surface area (Å²) < 4.78 is 5.88. The predicted octanol–water partition coefficient (Wildman–Crippen LogP) is 2.77. The van der Waals surface area contributed by atoms with E-state index in [0.717, 1.165) is 40.6 Å². The Hall–Kier alpha value is -1.55. The van der Waals surface area contributed by atoms with Crippen molar-refractivity contribution in [2.75, 3.05) is 13.1 Å². The second-order valence-corrected chi connectivity index (χ2v) is 5.07. The summed E-state index contributed by atoms with van der Waals surface area (Å²) in [5.74, 6) is 0. The Morgan fingerprint density at radius 3 is 2.47 bits per heavy atom. The molecule has 0 spiro atoms. The maximum Gasteiger partial charge on any atom is 0.135 e. The number of para-hydroxylation sites is 1. The van der Waals surface area contributed by atoms with E-state index in [1.54, 1.807) is 0 Å². The van der Waals surface area contributed by atoms with Gasteiger partial charge in [0.1, 0.15) is 11.2 Å². The van der Waals surface area contributed by atoms with Gasteiger partial charge in [0.15, 0.2) is 0 Å². The van der Waals surface area contributed by atoms with Crippen LogP contribution in [0.15, 0.2) is 46.9 Å². The summed E-state index contributed by atoms with van der Waals surface area (Å²) >= 11 is 0. The lowest BCUT2D eigenvalue weighted by Gasteiger charge is -2.39. The number of benzene rings is 2. The molecule has 1 aliphatic rings. The number of rotatable bonds is 1. The lowest BCUT2D eigenvalue weighted by molar-refractivity contribution is 0.287. The first kappa shape index (κ1) is 12.5. The van der Waals surface area contributed by atoms with Gasteiger partial charge in [0.2, 0.25) is 0 Å². The summed E-state index contributed by atoms with van der Waals surface area (Å²) in [5.41, 5.74) is 9.08. The summed E-state index contributed by atoms with van der Waals surface area (Å²) in [4.78, 5) is 0. The van der Waals surface area contributed by atoms with E-state index in [4.69, 9.17) is 10.2 Å². The van der Waals surface area contributed by atoms with Crippen LogP contribution in [0.3, 0.4) is 0 Å². The molecule has 19 heavy (non-hydrogen) atoms. The quantitative estimate of drug-likeness (QED) is 0.717. The van der Waals surface area contributed by atoms with E-state index in [0.29, 0.717) is 0 Å². The molecule has 98 valence electrons. The molecular formula is C15H15ClN2O. The SMILES string of the molecule is Cl.NC1(c2ccc3c(c2)oc2ccccc23)CNC1. The zero-order valence-corrected chi connectivity index (χ0v) is 11.2. The van der Waals surface area contributed by atoms with Gasteiger partial charge in [-0.25, -0.2) is 0 Å². The van der Waals surface area contributed by atoms with Gasteiger partial charge in [-0.1, -0.05) is 30.3 Å². The highest BCUT2D eigenvalue weighted by molar-refractivity contribution is 6.04. The standard InChI is InChI=1S/C15H14N2O.ClH/c16-15(8-17-9-15)10-5-6-12-11-3-1-2-4-13(11)18-14(12)7-10;/h1-7,17H,8-9,16H2;1H. The molecule has 0 amide bonds. The Kier molecular flexibility index (Phi) is 2.78. The van der Waals surface area contributed by atoms with E-state index in [2.05, 4.69) is 29.6 Å². The Labute approximate surface area is 117 Å². The molecule has 1 aromatic heterocycles. The lowest BCUT2D eigenvalue weighted by atomic mass is 9.85. The van der Waals surface area contributed by atoms with Gasteiger partial charge in [0.25, 0.3) is 0 Å². The van der Waals surface area contributed by atoms with Crippen LogP contribution in [-0.2, 0) is 5.54 Å². The highest BCUT2D eigenvalue weighted by Gasteiger charge is 2.34. The molecule has 3 N–H and O–H groups in total. The van der Waals surface area contributed by atoms with E-state index in [1.807, 2.05) is 18.2 Å². The van der Waals surface area contributed by atoms with Crippen molar-refractivity contribution in [3.05, 3.63) is 48.0 Å². The number of nitrogens with one attached hydrogen (secondary N) is 1. The van der Waals surface area contributed by atoms with Crippen LogP contribution in [0.25, 0.3) is 21.9 Å². The topological polar surface area (TPSA) is 51.2 Å². The van der Waals surface area contributed by atoms with Crippen LogP contribution in [-0.4, -0.2) is 13.1 Å². The maximum absolute atomic E-state index is 6.31. The Morgan fingerprint density at radius 1 is 1.00 bits per heavy atom. The van der Waals surface area contributed by atoms with Gasteiger partial charge >= 0.3 is 0 Å². The molecule has 0 aliphatic carbocycles. The zero-order valence-electron chi connectivity index (χ0n) is 10.3. The number of furan rings is 1. The van der Waals surface area contributed by atoms with Crippen molar-refractivity contribution in [2.45, 2.75) is 5.54 Å². The maximum atomic E-state index is 6.31. The highest BCUT2D eigenvalue weighted by Crippen LogP contribution is 2.32. The fourth-order valence-corrected chi connectivity index (χ4v) is 2.63. The molecule has 2 heterocycles. The third-order valence-electron chi connectivity index (χ3n) is 3.83. The predicted molar refractivity (Wildman–Crippen MR) is 79.7 cm³/mol. The molecule has 0 bridgehead atoms. The van der Waals surface area contributed by atoms with Gasteiger partial charge in [-0.3, -0.25) is 0 Å². The minimum absolute atomic E-state index is 0. The van der Waals surface area contributed by atoms with Gasteiger partial charge in [-0.05, 0) is 17.7 Å². The van der Waals surface area contributed by atoms with Crippen molar-refractivity contribution in [3.8, 4) is 0 Å². The fourth-order valence-electron chi connectivity index (χ4n) is 2.63. The van der Waals surface area contributed by atoms with Gasteiger partial charge in [0.05, 0.1) is 5.54 Å². The van der Waals surface area contributed by atoms with Crippen molar-refractivity contribution < 1.29 is 4.42 Å². The van der Waals surface area contributed by atoms with Crippen LogP contribution in [0, 0.1) is 0 Å². The molecule has 0 saturated carbocycles. The Balaban J connectivity index is 0.00000110. The van der Waals surface area contributed by atoms with E-state index in [9.17, 15) is 0 Å². The van der Waals surface area contributed by atoms with Crippen molar-refractivity contribution in [3.63, 3.8) is 0 Å². The van der Waals surface area contributed by atoms with Crippen LogP contribution in [0.4, 0.5) is 0 Å². The molecule has 4 heteroatoms. The second-order valence-electron chi connectivity index (χ2n) is 5.07. The number of hydrogen-bond donors (Lipinski definition) is 2. The summed E-state index contributed by atoms with van der Waals surface area (Å²) in [6.45, 7) is 1.66. The van der Waals surface area contributed by atoms with Crippen LogP contribution in [0.1, 0.15) is 5.56 Å². The molecule has 0 atom stereocenters. The van der Waals surface area contributed by atoms with Gasteiger partial charge in [-0.2, -0.15) is 0 Å². The average Bonchev–Trinajstić information content (AvgIpc) is 2.73. The summed E-state index contributed by atoms with van der Waals surface area (Å²) in [5, 5.41) is 5.54. The fraction of sp³-hybridized carbons (Fsp3) is 0.200. The summed E-state index contributed by atoms with van der Waals surface area (Å²) in [6.07, 6.45) is 0. The Bertz CT molecular complexity index is 746. The third kappa shape index (κ3) is 1.74. The molecule has 3 aromatic rings. The minimum atomic E-state index is -0.229. The second kappa shape index (κ2) is 4.23. The van der Waals surface area contributed by atoms with Gasteiger partial charge in [-0.15, -0.1) is 12.4 Å². The van der Waals surface area contributed by atoms with E-state index in [-0.39, 0.29) is 17.9 Å². The molecule has 1 aliphatic heterocycles. The first-order valence-corrected chi connectivity index (χ1v) is 6.18. The number of halogens is 1. The van der Waals surface area contributed by atoms with Crippen LogP contribution in [0.5, 0.6) is 0 Å². The molecule has 0 radical (unpaired) electrons. The van der Waals surface area contributed by atoms with Gasteiger partial charge in [0, 0.05) is 23.9 Å². The van der Waals surface area contributed by atoms with E-state index >= 15 is 0 Å². The molecule has 3 nitrogen and oxygen atoms in total. The number of nitrogens with two attached hydrogens (primary N) is 1. The molecule has 2 aromatic carbocycles. The molecular weight excluding hydrogens is 260 g/mol.